The minimum atomic E-state index is -4.27. The summed E-state index contributed by atoms with van der Waals surface area (Å²) >= 11 is 0. The zero-order valence-corrected chi connectivity index (χ0v) is 11.6. The minimum absolute atomic E-state index is 0.128. The van der Waals surface area contributed by atoms with Gasteiger partial charge in [-0.05, 0) is 35.9 Å². The number of nitro groups is 1. The van der Waals surface area contributed by atoms with Crippen molar-refractivity contribution in [3.8, 4) is 5.75 Å². The fraction of sp³-hybridized carbons (Fsp3) is 0. The molecule has 0 aliphatic carbocycles. The maximum atomic E-state index is 12.0. The van der Waals surface area contributed by atoms with Crippen molar-refractivity contribution < 1.29 is 27.4 Å². The van der Waals surface area contributed by atoms with Crippen LogP contribution in [0, 0.1) is 10.1 Å². The minimum Gasteiger partial charge on any atom is -0.545 e. The standard InChI is InChI=1S/C13H9NO7S/c15-13(16)9-4-6-11(7-5-9)21-22(19,20)12-3-1-2-10(8-12)14(17)18/h1-8H,(H,15,16)/p-1. The van der Waals surface area contributed by atoms with Gasteiger partial charge in [-0.3, -0.25) is 10.1 Å². The highest BCUT2D eigenvalue weighted by Gasteiger charge is 2.19. The quantitative estimate of drug-likeness (QED) is 0.451. The molecule has 0 aliphatic rings. The first kappa shape index (κ1) is 15.4. The fourth-order valence-corrected chi connectivity index (χ4v) is 2.54. The maximum absolute atomic E-state index is 12.0. The van der Waals surface area contributed by atoms with Crippen LogP contribution in [-0.2, 0) is 10.1 Å². The number of aromatic carboxylic acids is 1. The van der Waals surface area contributed by atoms with Crippen molar-refractivity contribution in [3.05, 3.63) is 64.2 Å². The second kappa shape index (κ2) is 5.82. The van der Waals surface area contributed by atoms with Crippen LogP contribution in [0.3, 0.4) is 0 Å². The lowest BCUT2D eigenvalue weighted by molar-refractivity contribution is -0.385. The van der Waals surface area contributed by atoms with E-state index in [9.17, 15) is 28.4 Å². The van der Waals surface area contributed by atoms with E-state index in [0.717, 1.165) is 42.5 Å². The number of carbonyl (C=O) groups is 1. The molecule has 2 aromatic rings. The Morgan fingerprint density at radius 2 is 1.73 bits per heavy atom. The van der Waals surface area contributed by atoms with Crippen molar-refractivity contribution in [1.82, 2.24) is 0 Å². The Hall–Kier alpha value is -2.94. The van der Waals surface area contributed by atoms with E-state index >= 15 is 0 Å². The van der Waals surface area contributed by atoms with E-state index in [-0.39, 0.29) is 16.2 Å². The maximum Gasteiger partial charge on any atom is 0.339 e. The molecular formula is C13H8NO7S-. The Kier molecular flexibility index (Phi) is 4.08. The van der Waals surface area contributed by atoms with Crippen LogP contribution < -0.4 is 9.29 Å². The predicted molar refractivity (Wildman–Crippen MR) is 71.7 cm³/mol. The lowest BCUT2D eigenvalue weighted by Gasteiger charge is -2.08. The molecule has 0 radical (unpaired) electrons. The van der Waals surface area contributed by atoms with Crippen LogP contribution in [-0.4, -0.2) is 19.3 Å². The van der Waals surface area contributed by atoms with Gasteiger partial charge in [0.15, 0.2) is 0 Å². The van der Waals surface area contributed by atoms with Crippen molar-refractivity contribution in [1.29, 1.82) is 0 Å². The number of benzene rings is 2. The van der Waals surface area contributed by atoms with Crippen molar-refractivity contribution in [2.24, 2.45) is 0 Å². The molecule has 0 spiro atoms. The summed E-state index contributed by atoms with van der Waals surface area (Å²) in [7, 11) is -4.27. The van der Waals surface area contributed by atoms with E-state index in [1.807, 2.05) is 0 Å². The van der Waals surface area contributed by atoms with E-state index in [1.54, 1.807) is 0 Å². The van der Waals surface area contributed by atoms with Gasteiger partial charge in [0.25, 0.3) is 5.69 Å². The molecule has 0 bridgehead atoms. The number of hydrogen-bond acceptors (Lipinski definition) is 7. The molecule has 2 rings (SSSR count). The molecule has 0 atom stereocenters. The van der Waals surface area contributed by atoms with Crippen molar-refractivity contribution in [2.75, 3.05) is 0 Å². The second-order valence-corrected chi connectivity index (χ2v) is 5.65. The second-order valence-electron chi connectivity index (χ2n) is 4.10. The molecule has 9 heteroatoms. The summed E-state index contributed by atoms with van der Waals surface area (Å²) < 4.78 is 28.8. The molecule has 0 fully saturated rings. The largest absolute Gasteiger partial charge is 0.545 e. The van der Waals surface area contributed by atoms with E-state index in [2.05, 4.69) is 0 Å². The third kappa shape index (κ3) is 3.38. The van der Waals surface area contributed by atoms with Gasteiger partial charge in [-0.1, -0.05) is 6.07 Å². The number of hydrogen-bond donors (Lipinski definition) is 0. The molecule has 8 nitrogen and oxygen atoms in total. The summed E-state index contributed by atoms with van der Waals surface area (Å²) in [4.78, 5) is 20.1. The molecule has 0 saturated carbocycles. The highest BCUT2D eigenvalue weighted by atomic mass is 32.2. The Labute approximate surface area is 124 Å². The number of nitro benzene ring substituents is 1. The Morgan fingerprint density at radius 1 is 1.09 bits per heavy atom. The molecular weight excluding hydrogens is 314 g/mol. The molecule has 0 unspecified atom stereocenters. The normalized spacial score (nSPS) is 10.9. The van der Waals surface area contributed by atoms with Crippen molar-refractivity contribution in [2.45, 2.75) is 4.90 Å². The molecule has 0 heterocycles. The molecule has 0 N–H and O–H groups in total. The summed E-state index contributed by atoms with van der Waals surface area (Å²) in [5.74, 6) is -1.54. The summed E-state index contributed by atoms with van der Waals surface area (Å²) in [5, 5.41) is 21.2. The number of nitrogens with zero attached hydrogens (tertiary/aromatic N) is 1. The topological polar surface area (TPSA) is 127 Å². The Bertz CT molecular complexity index is 828. The first-order chi connectivity index (χ1) is 10.3. The summed E-state index contributed by atoms with van der Waals surface area (Å²) in [6.07, 6.45) is 0. The van der Waals surface area contributed by atoms with Gasteiger partial charge < -0.3 is 14.1 Å². The van der Waals surface area contributed by atoms with Crippen molar-refractivity contribution in [3.63, 3.8) is 0 Å². The molecule has 2 aromatic carbocycles. The summed E-state index contributed by atoms with van der Waals surface area (Å²) in [6, 6.07) is 8.89. The van der Waals surface area contributed by atoms with E-state index in [1.165, 1.54) is 6.07 Å². The number of rotatable bonds is 5. The van der Waals surface area contributed by atoms with Crippen molar-refractivity contribution >= 4 is 21.8 Å². The molecule has 0 aliphatic heterocycles. The molecule has 22 heavy (non-hydrogen) atoms. The van der Waals surface area contributed by atoms with E-state index < -0.39 is 26.7 Å². The number of non-ortho nitro benzene ring substituents is 1. The van der Waals surface area contributed by atoms with Gasteiger partial charge in [0.2, 0.25) is 0 Å². The van der Waals surface area contributed by atoms with Crippen LogP contribution in [0.15, 0.2) is 53.4 Å². The van der Waals surface area contributed by atoms with Crippen LogP contribution in [0.5, 0.6) is 5.75 Å². The van der Waals surface area contributed by atoms with Crippen LogP contribution in [0.1, 0.15) is 10.4 Å². The number of carboxylic acids is 1. The third-order valence-electron chi connectivity index (χ3n) is 2.61. The van der Waals surface area contributed by atoms with Gasteiger partial charge in [0.1, 0.15) is 10.6 Å². The summed E-state index contributed by atoms with van der Waals surface area (Å²) in [6.45, 7) is 0. The first-order valence-electron chi connectivity index (χ1n) is 5.80. The SMILES string of the molecule is O=C([O-])c1ccc(OS(=O)(=O)c2cccc([N+](=O)[O-])c2)cc1. The molecule has 114 valence electrons. The van der Waals surface area contributed by atoms with E-state index in [4.69, 9.17) is 4.18 Å². The lowest BCUT2D eigenvalue weighted by atomic mass is 10.2. The smallest absolute Gasteiger partial charge is 0.339 e. The summed E-state index contributed by atoms with van der Waals surface area (Å²) in [5.41, 5.74) is -0.530. The lowest BCUT2D eigenvalue weighted by Crippen LogP contribution is -2.22. The van der Waals surface area contributed by atoms with Crippen LogP contribution in [0.4, 0.5) is 5.69 Å². The average molecular weight is 322 g/mol. The zero-order valence-electron chi connectivity index (χ0n) is 10.8. The van der Waals surface area contributed by atoms with E-state index in [0.29, 0.717) is 0 Å². The molecule has 0 saturated heterocycles. The molecule has 0 aromatic heterocycles. The Morgan fingerprint density at radius 3 is 2.27 bits per heavy atom. The average Bonchev–Trinajstić information content (AvgIpc) is 2.47. The van der Waals surface area contributed by atoms with Gasteiger partial charge >= 0.3 is 10.1 Å². The zero-order chi connectivity index (χ0) is 16.3. The first-order valence-corrected chi connectivity index (χ1v) is 7.21. The fourth-order valence-electron chi connectivity index (χ4n) is 1.57. The van der Waals surface area contributed by atoms with Crippen LogP contribution >= 0.6 is 0 Å². The van der Waals surface area contributed by atoms with Gasteiger partial charge in [-0.15, -0.1) is 0 Å². The highest BCUT2D eigenvalue weighted by molar-refractivity contribution is 7.87. The Balaban J connectivity index is 2.29. The highest BCUT2D eigenvalue weighted by Crippen LogP contribution is 2.22. The molecule has 0 amide bonds. The number of carbonyl (C=O) groups excluding carboxylic acids is 1. The monoisotopic (exact) mass is 322 g/mol. The third-order valence-corrected chi connectivity index (χ3v) is 3.86. The van der Waals surface area contributed by atoms with Crippen LogP contribution in [0.2, 0.25) is 0 Å². The van der Waals surface area contributed by atoms with Crippen LogP contribution in [0.25, 0.3) is 0 Å². The van der Waals surface area contributed by atoms with Gasteiger partial charge in [-0.25, -0.2) is 0 Å². The van der Waals surface area contributed by atoms with Gasteiger partial charge in [0.05, 0.1) is 10.9 Å². The van der Waals surface area contributed by atoms with Gasteiger partial charge in [-0.2, -0.15) is 8.42 Å². The predicted octanol–water partition coefficient (Wildman–Crippen LogP) is 0.726. The number of carboxylic acid groups (broad SMARTS) is 1. The van der Waals surface area contributed by atoms with Gasteiger partial charge in [0, 0.05) is 12.1 Å².